The van der Waals surface area contributed by atoms with E-state index < -0.39 is 0 Å². The lowest BCUT2D eigenvalue weighted by molar-refractivity contribution is 0.378. The van der Waals surface area contributed by atoms with E-state index in [1.807, 2.05) is 5.92 Å². The third-order valence-electron chi connectivity index (χ3n) is 3.00. The molecule has 11 heavy (non-hydrogen) atoms. The van der Waals surface area contributed by atoms with Gasteiger partial charge in [-0.1, -0.05) is 34.1 Å². The van der Waals surface area contributed by atoms with Crippen LogP contribution < -0.4 is 0 Å². The molecule has 0 spiro atoms. The van der Waals surface area contributed by atoms with Crippen LogP contribution in [-0.2, 0) is 0 Å². The van der Waals surface area contributed by atoms with E-state index in [4.69, 9.17) is 0 Å². The van der Waals surface area contributed by atoms with Crippen LogP contribution in [0.15, 0.2) is 0 Å². The lowest BCUT2D eigenvalue weighted by Crippen LogP contribution is -2.16. The first kappa shape index (κ1) is 9.09. The van der Waals surface area contributed by atoms with Gasteiger partial charge in [-0.05, 0) is 36.5 Å². The van der Waals surface area contributed by atoms with E-state index in [1.54, 1.807) is 0 Å². The average Bonchev–Trinajstić information content (AvgIpc) is 2.32. The number of rotatable bonds is 2. The van der Waals surface area contributed by atoms with Gasteiger partial charge in [0.25, 0.3) is 0 Å². The van der Waals surface area contributed by atoms with E-state index >= 15 is 0 Å². The van der Waals surface area contributed by atoms with Crippen LogP contribution in [0.5, 0.6) is 0 Å². The van der Waals surface area contributed by atoms with E-state index in [1.165, 1.54) is 19.3 Å². The molecule has 0 aliphatic heterocycles. The van der Waals surface area contributed by atoms with Gasteiger partial charge >= 0.3 is 0 Å². The highest BCUT2D eigenvalue weighted by Crippen LogP contribution is 2.42. The maximum atomic E-state index is 2.36. The zero-order chi connectivity index (χ0) is 8.43. The largest absolute Gasteiger partial charge is 0.0625 e. The van der Waals surface area contributed by atoms with Crippen LogP contribution in [0.3, 0.4) is 0 Å². The van der Waals surface area contributed by atoms with E-state index in [0.717, 1.165) is 17.8 Å². The smallest absolute Gasteiger partial charge is 0.0182 e. The first-order valence-corrected chi connectivity index (χ1v) is 4.98. The standard InChI is InChI=1S/C11H21/c1-8(2)10-6-5-7-11(10)9(3)4/h8-10H,5-7H2,1-4H3. The minimum Gasteiger partial charge on any atom is -0.0625 e. The molecule has 1 radical (unpaired) electrons. The summed E-state index contributed by atoms with van der Waals surface area (Å²) in [4.78, 5) is 0. The van der Waals surface area contributed by atoms with Gasteiger partial charge in [-0.2, -0.15) is 0 Å². The highest BCUT2D eigenvalue weighted by atomic mass is 14.4. The Labute approximate surface area is 71.4 Å². The first-order chi connectivity index (χ1) is 5.13. The van der Waals surface area contributed by atoms with Gasteiger partial charge in [0.05, 0.1) is 0 Å². The molecule has 0 heteroatoms. The Balaban J connectivity index is 2.51. The minimum absolute atomic E-state index is 0.824. The summed E-state index contributed by atoms with van der Waals surface area (Å²) < 4.78 is 0. The second kappa shape index (κ2) is 3.60. The van der Waals surface area contributed by atoms with Crippen molar-refractivity contribution >= 4 is 0 Å². The SMILES string of the molecule is CC(C)[C]1CCCC1C(C)C. The highest BCUT2D eigenvalue weighted by molar-refractivity contribution is 5.04. The molecular formula is C11H21. The van der Waals surface area contributed by atoms with Crippen LogP contribution in [-0.4, -0.2) is 0 Å². The molecule has 0 aromatic heterocycles. The van der Waals surface area contributed by atoms with Gasteiger partial charge in [0.2, 0.25) is 0 Å². The molecule has 1 aliphatic carbocycles. The van der Waals surface area contributed by atoms with E-state index in [0.29, 0.717) is 0 Å². The molecule has 1 saturated carbocycles. The molecule has 0 amide bonds. The van der Waals surface area contributed by atoms with Crippen molar-refractivity contribution in [2.45, 2.75) is 47.0 Å². The summed E-state index contributed by atoms with van der Waals surface area (Å²) in [6.45, 7) is 9.41. The molecule has 1 atom stereocenters. The van der Waals surface area contributed by atoms with Gasteiger partial charge in [0.15, 0.2) is 0 Å². The quantitative estimate of drug-likeness (QED) is 0.568. The Morgan fingerprint density at radius 2 is 1.82 bits per heavy atom. The Kier molecular flexibility index (Phi) is 2.98. The summed E-state index contributed by atoms with van der Waals surface area (Å²) >= 11 is 0. The second-order valence-electron chi connectivity index (χ2n) is 4.47. The van der Waals surface area contributed by atoms with Crippen LogP contribution in [0.2, 0.25) is 0 Å². The van der Waals surface area contributed by atoms with Crippen LogP contribution in [0.25, 0.3) is 0 Å². The third kappa shape index (κ3) is 1.98. The molecule has 0 saturated heterocycles. The molecule has 0 nitrogen and oxygen atoms in total. The molecule has 1 rings (SSSR count). The van der Waals surface area contributed by atoms with Crippen molar-refractivity contribution < 1.29 is 0 Å². The van der Waals surface area contributed by atoms with Crippen molar-refractivity contribution in [2.75, 3.05) is 0 Å². The van der Waals surface area contributed by atoms with Crippen molar-refractivity contribution in [3.63, 3.8) is 0 Å². The minimum atomic E-state index is 0.824. The highest BCUT2D eigenvalue weighted by Gasteiger charge is 2.31. The number of hydrogen-bond donors (Lipinski definition) is 0. The molecule has 0 aromatic rings. The predicted molar refractivity (Wildman–Crippen MR) is 50.3 cm³/mol. The van der Waals surface area contributed by atoms with Crippen molar-refractivity contribution in [3.05, 3.63) is 5.92 Å². The maximum absolute atomic E-state index is 2.36. The number of hydrogen-bond acceptors (Lipinski definition) is 0. The molecule has 1 aliphatic rings. The maximum Gasteiger partial charge on any atom is -0.0182 e. The first-order valence-electron chi connectivity index (χ1n) is 4.98. The summed E-state index contributed by atoms with van der Waals surface area (Å²) in [6, 6.07) is 0. The molecule has 65 valence electrons. The van der Waals surface area contributed by atoms with Crippen molar-refractivity contribution in [1.82, 2.24) is 0 Å². The lowest BCUT2D eigenvalue weighted by atomic mass is 9.80. The molecule has 0 N–H and O–H groups in total. The monoisotopic (exact) mass is 153 g/mol. The topological polar surface area (TPSA) is 0 Å². The zero-order valence-electron chi connectivity index (χ0n) is 8.35. The fraction of sp³-hybridized carbons (Fsp3) is 0.909. The van der Waals surface area contributed by atoms with E-state index in [9.17, 15) is 0 Å². The van der Waals surface area contributed by atoms with Crippen molar-refractivity contribution in [2.24, 2.45) is 17.8 Å². The van der Waals surface area contributed by atoms with Crippen LogP contribution in [0.1, 0.15) is 47.0 Å². The third-order valence-corrected chi connectivity index (χ3v) is 3.00. The van der Waals surface area contributed by atoms with Crippen molar-refractivity contribution in [3.8, 4) is 0 Å². The van der Waals surface area contributed by atoms with E-state index in [-0.39, 0.29) is 0 Å². The summed E-state index contributed by atoms with van der Waals surface area (Å²) in [5.74, 6) is 4.47. The average molecular weight is 153 g/mol. The zero-order valence-corrected chi connectivity index (χ0v) is 8.35. The fourth-order valence-electron chi connectivity index (χ4n) is 2.38. The summed E-state index contributed by atoms with van der Waals surface area (Å²) in [5, 5.41) is 0. The van der Waals surface area contributed by atoms with Gasteiger partial charge in [0, 0.05) is 0 Å². The van der Waals surface area contributed by atoms with E-state index in [2.05, 4.69) is 27.7 Å². The molecular weight excluding hydrogens is 132 g/mol. The normalized spacial score (nSPS) is 27.3. The second-order valence-corrected chi connectivity index (χ2v) is 4.47. The summed E-state index contributed by atoms with van der Waals surface area (Å²) in [5.41, 5.74) is 0. The summed E-state index contributed by atoms with van der Waals surface area (Å²) in [7, 11) is 0. The van der Waals surface area contributed by atoms with Crippen LogP contribution >= 0.6 is 0 Å². The lowest BCUT2D eigenvalue weighted by Gasteiger charge is -2.25. The fourth-order valence-corrected chi connectivity index (χ4v) is 2.38. The van der Waals surface area contributed by atoms with Gasteiger partial charge in [-0.25, -0.2) is 0 Å². The predicted octanol–water partition coefficient (Wildman–Crippen LogP) is 3.67. The Hall–Kier alpha value is 0. The van der Waals surface area contributed by atoms with Crippen LogP contribution in [0.4, 0.5) is 0 Å². The molecule has 0 aromatic carbocycles. The Morgan fingerprint density at radius 3 is 2.18 bits per heavy atom. The van der Waals surface area contributed by atoms with Gasteiger partial charge < -0.3 is 0 Å². The van der Waals surface area contributed by atoms with Gasteiger partial charge in [-0.15, -0.1) is 0 Å². The molecule has 0 heterocycles. The van der Waals surface area contributed by atoms with Crippen molar-refractivity contribution in [1.29, 1.82) is 0 Å². The Bertz CT molecular complexity index is 99.2. The van der Waals surface area contributed by atoms with Gasteiger partial charge in [0.1, 0.15) is 0 Å². The Morgan fingerprint density at radius 1 is 1.18 bits per heavy atom. The van der Waals surface area contributed by atoms with Crippen LogP contribution in [0, 0.1) is 23.7 Å². The molecule has 0 bridgehead atoms. The summed E-state index contributed by atoms with van der Waals surface area (Å²) in [6.07, 6.45) is 4.29. The van der Waals surface area contributed by atoms with Gasteiger partial charge in [-0.3, -0.25) is 0 Å². The molecule has 1 fully saturated rings. The molecule has 1 unspecified atom stereocenters.